The number of rotatable bonds is 6. The van der Waals surface area contributed by atoms with Crippen molar-refractivity contribution in [1.82, 2.24) is 4.98 Å². The number of fused-ring (bicyclic) bond motifs is 1. The summed E-state index contributed by atoms with van der Waals surface area (Å²) in [5.41, 5.74) is 4.83. The van der Waals surface area contributed by atoms with Gasteiger partial charge in [-0.25, -0.2) is 0 Å². The van der Waals surface area contributed by atoms with Gasteiger partial charge in [-0.3, -0.25) is 0 Å². The van der Waals surface area contributed by atoms with E-state index in [1.165, 1.54) is 0 Å². The molecule has 0 amide bonds. The Hall–Kier alpha value is -3.93. The second kappa shape index (κ2) is 8.21. The van der Waals surface area contributed by atoms with Gasteiger partial charge in [-0.05, 0) is 35.9 Å². The van der Waals surface area contributed by atoms with Gasteiger partial charge < -0.3 is 24.4 Å². The number of oxime groups is 1. The Kier molecular flexibility index (Phi) is 5.30. The molecule has 0 aliphatic carbocycles. The second-order valence-electron chi connectivity index (χ2n) is 6.71. The Morgan fingerprint density at radius 3 is 2.17 bits per heavy atom. The van der Waals surface area contributed by atoms with Gasteiger partial charge in [0.25, 0.3) is 0 Å². The molecule has 1 heterocycles. The quantitative estimate of drug-likeness (QED) is 0.268. The Labute approximate surface area is 174 Å². The molecule has 0 fully saturated rings. The maximum atomic E-state index is 9.83. The first-order valence-electron chi connectivity index (χ1n) is 9.39. The van der Waals surface area contributed by atoms with Gasteiger partial charge in [-0.1, -0.05) is 41.6 Å². The minimum atomic E-state index is 0.396. The van der Waals surface area contributed by atoms with Gasteiger partial charge in [0.1, 0.15) is 5.71 Å². The van der Waals surface area contributed by atoms with Crippen molar-refractivity contribution in [2.24, 2.45) is 5.16 Å². The molecule has 0 spiro atoms. The first kappa shape index (κ1) is 19.4. The van der Waals surface area contributed by atoms with Crippen LogP contribution in [0.2, 0.25) is 0 Å². The number of ether oxygens (including phenoxy) is 3. The van der Waals surface area contributed by atoms with Crippen molar-refractivity contribution in [2.45, 2.75) is 0 Å². The van der Waals surface area contributed by atoms with E-state index in [0.29, 0.717) is 28.5 Å². The molecule has 4 rings (SSSR count). The second-order valence-corrected chi connectivity index (χ2v) is 6.71. The fourth-order valence-corrected chi connectivity index (χ4v) is 3.56. The number of hydrogen-bond acceptors (Lipinski definition) is 5. The molecule has 0 bridgehead atoms. The SMILES string of the molecule is COc1cc(/C(=N\O)c2cccc(-c3cc4ccccc4[nH]3)c2)cc(OC)c1OC. The largest absolute Gasteiger partial charge is 0.493 e. The maximum absolute atomic E-state index is 9.83. The zero-order chi connectivity index (χ0) is 21.1. The van der Waals surface area contributed by atoms with Gasteiger partial charge in [0.2, 0.25) is 5.75 Å². The zero-order valence-electron chi connectivity index (χ0n) is 17.0. The van der Waals surface area contributed by atoms with E-state index in [-0.39, 0.29) is 0 Å². The predicted molar refractivity (Wildman–Crippen MR) is 117 cm³/mol. The fraction of sp³-hybridized carbons (Fsp3) is 0.125. The van der Waals surface area contributed by atoms with E-state index in [1.54, 1.807) is 33.5 Å². The summed E-state index contributed by atoms with van der Waals surface area (Å²) >= 11 is 0. The topological polar surface area (TPSA) is 76.1 Å². The van der Waals surface area contributed by atoms with Gasteiger partial charge in [0.05, 0.1) is 21.3 Å². The molecular formula is C24H22N2O4. The third-order valence-corrected chi connectivity index (χ3v) is 5.02. The van der Waals surface area contributed by atoms with E-state index in [4.69, 9.17) is 14.2 Å². The molecule has 0 aliphatic rings. The summed E-state index contributed by atoms with van der Waals surface area (Å²) in [4.78, 5) is 3.43. The smallest absolute Gasteiger partial charge is 0.203 e. The summed E-state index contributed by atoms with van der Waals surface area (Å²) in [5.74, 6) is 1.45. The summed E-state index contributed by atoms with van der Waals surface area (Å²) in [5, 5.41) is 14.5. The Morgan fingerprint density at radius 1 is 0.800 bits per heavy atom. The van der Waals surface area contributed by atoms with Crippen molar-refractivity contribution >= 4 is 16.6 Å². The van der Waals surface area contributed by atoms with Crippen LogP contribution < -0.4 is 14.2 Å². The van der Waals surface area contributed by atoms with E-state index < -0.39 is 0 Å². The summed E-state index contributed by atoms with van der Waals surface area (Å²) < 4.78 is 16.2. The van der Waals surface area contributed by atoms with E-state index in [9.17, 15) is 5.21 Å². The van der Waals surface area contributed by atoms with Crippen LogP contribution in [-0.2, 0) is 0 Å². The van der Waals surface area contributed by atoms with E-state index in [0.717, 1.165) is 27.7 Å². The molecule has 2 N–H and O–H groups in total. The van der Waals surface area contributed by atoms with Crippen LogP contribution in [0.3, 0.4) is 0 Å². The highest BCUT2D eigenvalue weighted by molar-refractivity contribution is 6.13. The highest BCUT2D eigenvalue weighted by Gasteiger charge is 2.18. The lowest BCUT2D eigenvalue weighted by Crippen LogP contribution is -2.06. The van der Waals surface area contributed by atoms with Crippen LogP contribution in [-0.4, -0.2) is 37.2 Å². The average molecular weight is 402 g/mol. The lowest BCUT2D eigenvalue weighted by Gasteiger charge is -2.15. The summed E-state index contributed by atoms with van der Waals surface area (Å²) in [6, 6.07) is 21.5. The third kappa shape index (κ3) is 3.43. The minimum absolute atomic E-state index is 0.396. The number of aromatic nitrogens is 1. The highest BCUT2D eigenvalue weighted by atomic mass is 16.5. The first-order chi connectivity index (χ1) is 14.7. The lowest BCUT2D eigenvalue weighted by molar-refractivity contribution is 0.318. The Balaban J connectivity index is 1.79. The highest BCUT2D eigenvalue weighted by Crippen LogP contribution is 2.39. The molecule has 0 aliphatic heterocycles. The normalized spacial score (nSPS) is 11.5. The van der Waals surface area contributed by atoms with Crippen molar-refractivity contribution in [3.63, 3.8) is 0 Å². The van der Waals surface area contributed by atoms with E-state index in [2.05, 4.69) is 22.3 Å². The first-order valence-corrected chi connectivity index (χ1v) is 9.39. The molecule has 0 radical (unpaired) electrons. The van der Waals surface area contributed by atoms with Crippen molar-refractivity contribution in [3.8, 4) is 28.5 Å². The van der Waals surface area contributed by atoms with Crippen LogP contribution in [0.4, 0.5) is 0 Å². The molecule has 152 valence electrons. The van der Waals surface area contributed by atoms with Crippen LogP contribution in [0, 0.1) is 0 Å². The molecule has 1 aromatic heterocycles. The third-order valence-electron chi connectivity index (χ3n) is 5.02. The number of H-pyrrole nitrogens is 1. The van der Waals surface area contributed by atoms with Crippen molar-refractivity contribution < 1.29 is 19.4 Å². The summed E-state index contributed by atoms with van der Waals surface area (Å²) in [6.45, 7) is 0. The Morgan fingerprint density at radius 2 is 1.53 bits per heavy atom. The number of nitrogens with one attached hydrogen (secondary N) is 1. The molecule has 0 saturated carbocycles. The van der Waals surface area contributed by atoms with Gasteiger partial charge in [0, 0.05) is 27.7 Å². The number of methoxy groups -OCH3 is 3. The predicted octanol–water partition coefficient (Wildman–Crippen LogP) is 5.09. The standard InChI is InChI=1S/C24H22N2O4/c1-28-21-13-18(14-22(29-2)24(21)30-3)23(26-27)17-9-6-8-15(11-17)20-12-16-7-4-5-10-19(16)25-20/h4-14,25,27H,1-3H3/b26-23-. The number of hydrogen-bond donors (Lipinski definition) is 2. The zero-order valence-corrected chi connectivity index (χ0v) is 17.0. The van der Waals surface area contributed by atoms with Crippen molar-refractivity contribution in [3.05, 3.63) is 77.9 Å². The van der Waals surface area contributed by atoms with Gasteiger partial charge in [-0.2, -0.15) is 0 Å². The molecule has 0 unspecified atom stereocenters. The van der Waals surface area contributed by atoms with E-state index in [1.807, 2.05) is 42.5 Å². The van der Waals surface area contributed by atoms with Crippen LogP contribution >= 0.6 is 0 Å². The molecule has 0 atom stereocenters. The number of para-hydroxylation sites is 1. The number of nitrogens with zero attached hydrogens (tertiary/aromatic N) is 1. The fourth-order valence-electron chi connectivity index (χ4n) is 3.56. The van der Waals surface area contributed by atoms with E-state index >= 15 is 0 Å². The molecule has 6 nitrogen and oxygen atoms in total. The van der Waals surface area contributed by atoms with Crippen LogP contribution in [0.1, 0.15) is 11.1 Å². The molecule has 4 aromatic rings. The van der Waals surface area contributed by atoms with Crippen molar-refractivity contribution in [1.29, 1.82) is 0 Å². The van der Waals surface area contributed by atoms with Crippen LogP contribution in [0.15, 0.2) is 71.9 Å². The van der Waals surface area contributed by atoms with Crippen LogP contribution in [0.5, 0.6) is 17.2 Å². The molecule has 3 aromatic carbocycles. The van der Waals surface area contributed by atoms with Gasteiger partial charge >= 0.3 is 0 Å². The minimum Gasteiger partial charge on any atom is -0.493 e. The summed E-state index contributed by atoms with van der Waals surface area (Å²) in [6.07, 6.45) is 0. The molecule has 0 saturated heterocycles. The van der Waals surface area contributed by atoms with Gasteiger partial charge in [-0.15, -0.1) is 0 Å². The number of benzene rings is 3. The van der Waals surface area contributed by atoms with Crippen LogP contribution in [0.25, 0.3) is 22.2 Å². The lowest BCUT2D eigenvalue weighted by atomic mass is 9.98. The maximum Gasteiger partial charge on any atom is 0.203 e. The monoisotopic (exact) mass is 402 g/mol. The van der Waals surface area contributed by atoms with Crippen molar-refractivity contribution in [2.75, 3.05) is 21.3 Å². The summed E-state index contributed by atoms with van der Waals surface area (Å²) in [7, 11) is 4.64. The molecule has 30 heavy (non-hydrogen) atoms. The molecule has 6 heteroatoms. The Bertz CT molecular complexity index is 1170. The van der Waals surface area contributed by atoms with Gasteiger partial charge in [0.15, 0.2) is 11.5 Å². The number of aromatic amines is 1. The molecular weight excluding hydrogens is 380 g/mol. The average Bonchev–Trinajstić information content (AvgIpc) is 3.23.